The van der Waals surface area contributed by atoms with Crippen molar-refractivity contribution in [2.24, 2.45) is 5.92 Å². The topological polar surface area (TPSA) is 130 Å². The number of anilines is 2. The van der Waals surface area contributed by atoms with Gasteiger partial charge in [0.25, 0.3) is 5.91 Å². The first-order valence-electron chi connectivity index (χ1n) is 16.1. The van der Waals surface area contributed by atoms with E-state index in [-0.39, 0.29) is 37.3 Å². The van der Waals surface area contributed by atoms with Crippen LogP contribution in [0.2, 0.25) is 0 Å². The molecule has 0 radical (unpaired) electrons. The Hall–Kier alpha value is -4.04. The van der Waals surface area contributed by atoms with Crippen LogP contribution in [0.15, 0.2) is 42.5 Å². The third-order valence-corrected chi connectivity index (χ3v) is 8.16. The van der Waals surface area contributed by atoms with Crippen LogP contribution in [0.25, 0.3) is 0 Å². The van der Waals surface area contributed by atoms with Gasteiger partial charge in [-0.15, -0.1) is 0 Å². The number of likely N-dealkylation sites (N-methyl/N-ethyl adjacent to an activating group) is 1. The van der Waals surface area contributed by atoms with E-state index in [1.807, 2.05) is 13.8 Å². The normalized spacial score (nSPS) is 20.1. The Labute approximate surface area is 279 Å². The van der Waals surface area contributed by atoms with Crippen LogP contribution in [-0.2, 0) is 9.53 Å². The molecule has 0 fully saturated rings. The fourth-order valence-electron chi connectivity index (χ4n) is 5.24. The largest absolute Gasteiger partial charge is 0.497 e. The summed E-state index contributed by atoms with van der Waals surface area (Å²) in [6, 6.07) is 10.4. The van der Waals surface area contributed by atoms with Crippen LogP contribution in [0.1, 0.15) is 63.2 Å². The van der Waals surface area contributed by atoms with E-state index >= 15 is 0 Å². The van der Waals surface area contributed by atoms with E-state index in [9.17, 15) is 32.7 Å². The summed E-state index contributed by atoms with van der Waals surface area (Å²) in [6.07, 6.45) is -5.14. The molecule has 4 atom stereocenters. The van der Waals surface area contributed by atoms with Crippen molar-refractivity contribution < 1.29 is 46.9 Å². The van der Waals surface area contributed by atoms with Gasteiger partial charge >= 0.3 is 12.2 Å². The van der Waals surface area contributed by atoms with E-state index in [0.717, 1.165) is 6.42 Å². The molecule has 14 heteroatoms. The van der Waals surface area contributed by atoms with Crippen LogP contribution >= 0.6 is 0 Å². The molecule has 2 aromatic carbocycles. The number of alkyl halides is 3. The highest BCUT2D eigenvalue weighted by atomic mass is 19.4. The Morgan fingerprint density at radius 3 is 2.42 bits per heavy atom. The molecule has 0 saturated carbocycles. The monoisotopic (exact) mass is 680 g/mol. The summed E-state index contributed by atoms with van der Waals surface area (Å²) in [5.41, 5.74) is 1.03. The number of carbonyl (C=O) groups is 3. The Morgan fingerprint density at radius 1 is 1.10 bits per heavy atom. The Balaban J connectivity index is 1.88. The van der Waals surface area contributed by atoms with E-state index in [1.165, 1.54) is 22.9 Å². The minimum atomic E-state index is -4.45. The average molecular weight is 681 g/mol. The molecular formula is C34H47F3N4O7. The molecule has 0 saturated heterocycles. The minimum absolute atomic E-state index is 0.0286. The average Bonchev–Trinajstić information content (AvgIpc) is 3.04. The predicted octanol–water partition coefficient (Wildman–Crippen LogP) is 5.94. The molecule has 0 unspecified atom stereocenters. The van der Waals surface area contributed by atoms with Gasteiger partial charge in [-0.05, 0) is 75.6 Å². The highest BCUT2D eigenvalue weighted by Crippen LogP contribution is 2.29. The summed E-state index contributed by atoms with van der Waals surface area (Å²) >= 11 is 0. The first-order valence-corrected chi connectivity index (χ1v) is 16.1. The maximum atomic E-state index is 14.2. The Bertz CT molecular complexity index is 1360. The lowest BCUT2D eigenvalue weighted by Gasteiger charge is -2.36. The van der Waals surface area contributed by atoms with Crippen LogP contribution in [0.3, 0.4) is 0 Å². The highest BCUT2D eigenvalue weighted by molar-refractivity contribution is 6.02. The summed E-state index contributed by atoms with van der Waals surface area (Å²) in [4.78, 5) is 42.3. The van der Waals surface area contributed by atoms with Crippen molar-refractivity contribution in [1.29, 1.82) is 0 Å². The fraction of sp³-hybridized carbons (Fsp3) is 0.559. The lowest BCUT2D eigenvalue weighted by atomic mass is 10.0. The van der Waals surface area contributed by atoms with E-state index in [1.54, 1.807) is 50.4 Å². The van der Waals surface area contributed by atoms with Crippen LogP contribution in [0.4, 0.5) is 29.3 Å². The number of halogens is 3. The van der Waals surface area contributed by atoms with Gasteiger partial charge in [0, 0.05) is 50.5 Å². The zero-order valence-corrected chi connectivity index (χ0v) is 28.1. The second kappa shape index (κ2) is 17.9. The summed E-state index contributed by atoms with van der Waals surface area (Å²) in [6.45, 7) is 5.52. The fourth-order valence-corrected chi connectivity index (χ4v) is 5.24. The smallest absolute Gasteiger partial charge is 0.389 e. The first-order chi connectivity index (χ1) is 22.7. The molecular weight excluding hydrogens is 633 g/mol. The van der Waals surface area contributed by atoms with Crippen molar-refractivity contribution in [1.82, 2.24) is 9.80 Å². The highest BCUT2D eigenvalue weighted by Gasteiger charge is 2.32. The predicted molar refractivity (Wildman–Crippen MR) is 175 cm³/mol. The third-order valence-electron chi connectivity index (χ3n) is 8.16. The van der Waals surface area contributed by atoms with Crippen molar-refractivity contribution in [3.63, 3.8) is 0 Å². The molecule has 3 N–H and O–H groups in total. The minimum Gasteiger partial charge on any atom is -0.497 e. The first kappa shape index (κ1) is 38.4. The number of ether oxygens (including phenoxy) is 3. The lowest BCUT2D eigenvalue weighted by Crippen LogP contribution is -2.48. The number of nitrogens with one attached hydrogen (secondary N) is 2. The van der Waals surface area contributed by atoms with Crippen molar-refractivity contribution >= 4 is 29.2 Å². The molecule has 2 aromatic rings. The van der Waals surface area contributed by atoms with Crippen molar-refractivity contribution in [2.75, 3.05) is 51.1 Å². The molecule has 4 amide bonds. The molecule has 48 heavy (non-hydrogen) atoms. The molecule has 1 heterocycles. The van der Waals surface area contributed by atoms with Gasteiger partial charge in [-0.3, -0.25) is 9.59 Å². The van der Waals surface area contributed by atoms with Gasteiger partial charge in [0.05, 0.1) is 44.0 Å². The molecule has 0 aliphatic carbocycles. The number of rotatable bonds is 9. The standard InChI is InChI=1S/C34H47F3N4O7/c1-22-19-41(23(2)21-42)32(44)28-18-26(39-33(45)38-25-9-12-27(46-5)13-10-25)11-14-29(28)48-24(3)8-6-7-17-47-30(22)20-40(4)31(43)15-16-34(35,36)37/h9-14,18,22-24,30,42H,6-8,15-17,19-21H2,1-5H3,(H2,38,39,45)/t22-,23+,24-,30-/m1/s1. The molecule has 1 aliphatic heterocycles. The van der Waals surface area contributed by atoms with E-state index < -0.39 is 49.0 Å². The van der Waals surface area contributed by atoms with Crippen molar-refractivity contribution in [3.05, 3.63) is 48.0 Å². The van der Waals surface area contributed by atoms with Gasteiger partial charge in [-0.2, -0.15) is 13.2 Å². The second-order valence-electron chi connectivity index (χ2n) is 12.2. The van der Waals surface area contributed by atoms with Gasteiger partial charge in [0.1, 0.15) is 11.5 Å². The number of methoxy groups -OCH3 is 1. The van der Waals surface area contributed by atoms with Crippen LogP contribution in [0, 0.1) is 5.92 Å². The molecule has 266 valence electrons. The van der Waals surface area contributed by atoms with Crippen LogP contribution in [-0.4, -0.2) is 97.6 Å². The summed E-state index contributed by atoms with van der Waals surface area (Å²) in [7, 11) is 2.98. The van der Waals surface area contributed by atoms with Crippen LogP contribution in [0.5, 0.6) is 11.5 Å². The van der Waals surface area contributed by atoms with Crippen molar-refractivity contribution in [3.8, 4) is 11.5 Å². The number of urea groups is 1. The number of nitrogens with zero attached hydrogens (tertiary/aromatic N) is 2. The van der Waals surface area contributed by atoms with Gasteiger partial charge < -0.3 is 39.8 Å². The van der Waals surface area contributed by atoms with E-state index in [0.29, 0.717) is 42.3 Å². The maximum Gasteiger partial charge on any atom is 0.389 e. The summed E-state index contributed by atoms with van der Waals surface area (Å²) < 4.78 is 55.8. The Kier molecular flexibility index (Phi) is 14.3. The van der Waals surface area contributed by atoms with Gasteiger partial charge in [-0.1, -0.05) is 6.92 Å². The number of hydrogen-bond donors (Lipinski definition) is 3. The third kappa shape index (κ3) is 11.9. The Morgan fingerprint density at radius 2 is 1.77 bits per heavy atom. The molecule has 11 nitrogen and oxygen atoms in total. The number of hydrogen-bond acceptors (Lipinski definition) is 7. The van der Waals surface area contributed by atoms with Crippen LogP contribution < -0.4 is 20.1 Å². The summed E-state index contributed by atoms with van der Waals surface area (Å²) in [5.74, 6) is -0.555. The number of aliphatic hydroxyl groups excluding tert-OH is 1. The van der Waals surface area contributed by atoms with E-state index in [2.05, 4.69) is 10.6 Å². The molecule has 0 aromatic heterocycles. The summed E-state index contributed by atoms with van der Waals surface area (Å²) in [5, 5.41) is 15.6. The quantitative estimate of drug-likeness (QED) is 0.299. The number of benzene rings is 2. The molecule has 0 bridgehead atoms. The molecule has 0 spiro atoms. The van der Waals surface area contributed by atoms with E-state index in [4.69, 9.17) is 14.2 Å². The zero-order valence-electron chi connectivity index (χ0n) is 28.1. The van der Waals surface area contributed by atoms with Crippen molar-refractivity contribution in [2.45, 2.75) is 77.3 Å². The maximum absolute atomic E-state index is 14.2. The number of fused-ring (bicyclic) bond motifs is 1. The SMILES string of the molecule is COc1ccc(NC(=O)Nc2ccc3c(c2)C(=O)N([C@@H](C)CO)C[C@@H](C)[C@@H](CN(C)C(=O)CCC(F)(F)F)OCCCC[C@@H](C)O3)cc1. The number of carbonyl (C=O) groups excluding carboxylic acids is 3. The molecule has 3 rings (SSSR count). The van der Waals surface area contributed by atoms with Gasteiger partial charge in [0.15, 0.2) is 0 Å². The lowest BCUT2D eigenvalue weighted by molar-refractivity contribution is -0.149. The second-order valence-corrected chi connectivity index (χ2v) is 12.2. The zero-order chi connectivity index (χ0) is 35.4. The van der Waals surface area contributed by atoms with Gasteiger partial charge in [-0.25, -0.2) is 4.79 Å². The number of amides is 4. The number of aliphatic hydroxyl groups is 1. The molecule has 1 aliphatic rings. The van der Waals surface area contributed by atoms with Gasteiger partial charge in [0.2, 0.25) is 5.91 Å².